The number of rotatable bonds is 5. The summed E-state index contributed by atoms with van der Waals surface area (Å²) in [5, 5.41) is 15.8. The first-order valence-electron chi connectivity index (χ1n) is 7.67. The third-order valence-electron chi connectivity index (χ3n) is 3.81. The number of anilines is 1. The van der Waals surface area contributed by atoms with E-state index in [-0.39, 0.29) is 12.1 Å². The summed E-state index contributed by atoms with van der Waals surface area (Å²) in [5.41, 5.74) is 1.99. The minimum Gasteiger partial charge on any atom is -0.391 e. The second kappa shape index (κ2) is 7.43. The molecule has 2 unspecified atom stereocenters. The average molecular weight is 291 g/mol. The summed E-state index contributed by atoms with van der Waals surface area (Å²) in [5.74, 6) is 0. The lowest BCUT2D eigenvalue weighted by atomic mass is 10.1. The molecule has 5 heteroatoms. The largest absolute Gasteiger partial charge is 0.391 e. The molecule has 1 aromatic rings. The molecule has 2 rings (SSSR count). The Morgan fingerprint density at radius 1 is 1.43 bits per heavy atom. The summed E-state index contributed by atoms with van der Waals surface area (Å²) < 4.78 is 0. The number of β-amino-alcohol motifs (C(OH)–C–C–N with tert-alkyl or cyclic N) is 1. The van der Waals surface area contributed by atoms with Gasteiger partial charge < -0.3 is 20.6 Å². The highest BCUT2D eigenvalue weighted by molar-refractivity contribution is 5.89. The highest BCUT2D eigenvalue weighted by Crippen LogP contribution is 2.17. The number of hydrogen-bond donors (Lipinski definition) is 3. The predicted molar refractivity (Wildman–Crippen MR) is 84.4 cm³/mol. The minimum absolute atomic E-state index is 0.142. The first kappa shape index (κ1) is 15.8. The maximum Gasteiger partial charge on any atom is 0.321 e. The predicted octanol–water partition coefficient (Wildman–Crippen LogP) is 2.35. The molecule has 2 atom stereocenters. The first-order chi connectivity index (χ1) is 10.1. The van der Waals surface area contributed by atoms with E-state index in [9.17, 15) is 9.90 Å². The molecule has 0 radical (unpaired) electrons. The molecule has 5 nitrogen and oxygen atoms in total. The maximum absolute atomic E-state index is 12.0. The molecule has 116 valence electrons. The van der Waals surface area contributed by atoms with E-state index >= 15 is 0 Å². The molecule has 3 N–H and O–H groups in total. The van der Waals surface area contributed by atoms with E-state index in [0.29, 0.717) is 25.6 Å². The monoisotopic (exact) mass is 291 g/mol. The van der Waals surface area contributed by atoms with E-state index in [1.807, 2.05) is 24.3 Å². The second-order valence-electron chi connectivity index (χ2n) is 5.62. The van der Waals surface area contributed by atoms with Crippen LogP contribution in [0, 0.1) is 0 Å². The van der Waals surface area contributed by atoms with Crippen LogP contribution in [0.4, 0.5) is 10.5 Å². The van der Waals surface area contributed by atoms with Gasteiger partial charge in [0.25, 0.3) is 0 Å². The van der Waals surface area contributed by atoms with Crippen LogP contribution in [-0.2, 0) is 0 Å². The molecule has 2 amide bonds. The Hall–Kier alpha value is -1.59. The minimum atomic E-state index is -0.386. The van der Waals surface area contributed by atoms with Gasteiger partial charge in [-0.15, -0.1) is 0 Å². The zero-order valence-electron chi connectivity index (χ0n) is 12.8. The van der Waals surface area contributed by atoms with Crippen LogP contribution in [0.2, 0.25) is 0 Å². The van der Waals surface area contributed by atoms with Crippen molar-refractivity contribution in [3.63, 3.8) is 0 Å². The zero-order valence-corrected chi connectivity index (χ0v) is 12.8. The highest BCUT2D eigenvalue weighted by atomic mass is 16.3. The molecule has 0 bridgehead atoms. The molecule has 21 heavy (non-hydrogen) atoms. The molecular weight excluding hydrogens is 266 g/mol. The van der Waals surface area contributed by atoms with Gasteiger partial charge in [-0.3, -0.25) is 0 Å². The van der Waals surface area contributed by atoms with Gasteiger partial charge in [0.2, 0.25) is 0 Å². The fourth-order valence-electron chi connectivity index (χ4n) is 2.46. The lowest BCUT2D eigenvalue weighted by molar-refractivity contribution is 0.176. The van der Waals surface area contributed by atoms with Crippen LogP contribution in [-0.4, -0.2) is 41.8 Å². The SMILES string of the molecule is CCCNC(C)c1ccc(NC(=O)N2CCC(O)C2)cc1. The van der Waals surface area contributed by atoms with Gasteiger partial charge in [0.05, 0.1) is 6.10 Å². The molecular formula is C16H25N3O2. The fraction of sp³-hybridized carbons (Fsp3) is 0.562. The van der Waals surface area contributed by atoms with Gasteiger partial charge in [-0.05, 0) is 44.0 Å². The maximum atomic E-state index is 12.0. The standard InChI is InChI=1S/C16H25N3O2/c1-3-9-17-12(2)13-4-6-14(7-5-13)18-16(21)19-10-8-15(20)11-19/h4-7,12,15,17,20H,3,8-11H2,1-2H3,(H,18,21). The molecule has 0 saturated carbocycles. The van der Waals surface area contributed by atoms with Gasteiger partial charge in [0, 0.05) is 24.8 Å². The number of carbonyl (C=O) groups excluding carboxylic acids is 1. The number of benzene rings is 1. The van der Waals surface area contributed by atoms with Gasteiger partial charge in [0.15, 0.2) is 0 Å². The molecule has 1 aromatic carbocycles. The summed E-state index contributed by atoms with van der Waals surface area (Å²) in [6.45, 7) is 6.31. The van der Waals surface area contributed by atoms with Crippen molar-refractivity contribution in [2.45, 2.75) is 38.8 Å². The van der Waals surface area contributed by atoms with Gasteiger partial charge in [-0.1, -0.05) is 19.1 Å². The first-order valence-corrected chi connectivity index (χ1v) is 7.67. The number of aliphatic hydroxyl groups is 1. The molecule has 1 fully saturated rings. The zero-order chi connectivity index (χ0) is 15.2. The molecule has 1 saturated heterocycles. The van der Waals surface area contributed by atoms with Gasteiger partial charge in [0.1, 0.15) is 0 Å². The lowest BCUT2D eigenvalue weighted by Crippen LogP contribution is -2.33. The van der Waals surface area contributed by atoms with E-state index in [2.05, 4.69) is 24.5 Å². The average Bonchev–Trinajstić information content (AvgIpc) is 2.92. The summed E-state index contributed by atoms with van der Waals surface area (Å²) in [4.78, 5) is 13.7. The second-order valence-corrected chi connectivity index (χ2v) is 5.62. The number of amides is 2. The number of likely N-dealkylation sites (tertiary alicyclic amines) is 1. The normalized spacial score (nSPS) is 19.6. The summed E-state index contributed by atoms with van der Waals surface area (Å²) in [6.07, 6.45) is 1.39. The number of urea groups is 1. The highest BCUT2D eigenvalue weighted by Gasteiger charge is 2.24. The van der Waals surface area contributed by atoms with Crippen molar-refractivity contribution in [1.29, 1.82) is 0 Å². The Morgan fingerprint density at radius 2 is 2.14 bits per heavy atom. The molecule has 0 aromatic heterocycles. The fourth-order valence-corrected chi connectivity index (χ4v) is 2.46. The van der Waals surface area contributed by atoms with Crippen molar-refractivity contribution in [3.8, 4) is 0 Å². The van der Waals surface area contributed by atoms with Crippen molar-refractivity contribution in [3.05, 3.63) is 29.8 Å². The van der Waals surface area contributed by atoms with E-state index in [1.54, 1.807) is 4.90 Å². The Morgan fingerprint density at radius 3 is 2.71 bits per heavy atom. The van der Waals surface area contributed by atoms with E-state index in [1.165, 1.54) is 5.56 Å². The number of nitrogens with zero attached hydrogens (tertiary/aromatic N) is 1. The van der Waals surface area contributed by atoms with Crippen LogP contribution in [0.1, 0.15) is 38.3 Å². The number of nitrogens with one attached hydrogen (secondary N) is 2. The van der Waals surface area contributed by atoms with Crippen molar-refractivity contribution in [2.24, 2.45) is 0 Å². The van der Waals surface area contributed by atoms with Gasteiger partial charge >= 0.3 is 6.03 Å². The van der Waals surface area contributed by atoms with E-state index in [0.717, 1.165) is 18.7 Å². The number of hydrogen-bond acceptors (Lipinski definition) is 3. The van der Waals surface area contributed by atoms with Gasteiger partial charge in [-0.2, -0.15) is 0 Å². The number of carbonyl (C=O) groups is 1. The third-order valence-corrected chi connectivity index (χ3v) is 3.81. The third kappa shape index (κ3) is 4.44. The van der Waals surface area contributed by atoms with Gasteiger partial charge in [-0.25, -0.2) is 4.79 Å². The van der Waals surface area contributed by atoms with E-state index < -0.39 is 0 Å². The van der Waals surface area contributed by atoms with Crippen molar-refractivity contribution >= 4 is 11.7 Å². The van der Waals surface area contributed by atoms with Crippen LogP contribution in [0.15, 0.2) is 24.3 Å². The summed E-state index contributed by atoms with van der Waals surface area (Å²) in [7, 11) is 0. The quantitative estimate of drug-likeness (QED) is 0.780. The van der Waals surface area contributed by atoms with Crippen LogP contribution < -0.4 is 10.6 Å². The Bertz CT molecular complexity index is 461. The Kier molecular flexibility index (Phi) is 5.59. The molecule has 0 aliphatic carbocycles. The Balaban J connectivity index is 1.88. The summed E-state index contributed by atoms with van der Waals surface area (Å²) >= 11 is 0. The van der Waals surface area contributed by atoms with Crippen molar-refractivity contribution in [1.82, 2.24) is 10.2 Å². The van der Waals surface area contributed by atoms with E-state index in [4.69, 9.17) is 0 Å². The topological polar surface area (TPSA) is 64.6 Å². The van der Waals surface area contributed by atoms with Crippen LogP contribution >= 0.6 is 0 Å². The van der Waals surface area contributed by atoms with Crippen LogP contribution in [0.25, 0.3) is 0 Å². The van der Waals surface area contributed by atoms with Crippen molar-refractivity contribution in [2.75, 3.05) is 25.0 Å². The molecule has 1 aliphatic rings. The smallest absolute Gasteiger partial charge is 0.321 e. The molecule has 1 heterocycles. The van der Waals surface area contributed by atoms with Crippen LogP contribution in [0.3, 0.4) is 0 Å². The van der Waals surface area contributed by atoms with Crippen molar-refractivity contribution < 1.29 is 9.90 Å². The van der Waals surface area contributed by atoms with Crippen LogP contribution in [0.5, 0.6) is 0 Å². The lowest BCUT2D eigenvalue weighted by Gasteiger charge is -2.17. The summed E-state index contributed by atoms with van der Waals surface area (Å²) in [6, 6.07) is 8.07. The molecule has 0 spiro atoms. The molecule has 1 aliphatic heterocycles. The number of aliphatic hydroxyl groups excluding tert-OH is 1. The Labute approximate surface area is 126 Å².